The van der Waals surface area contributed by atoms with Gasteiger partial charge in [-0.1, -0.05) is 6.58 Å². The van der Waals surface area contributed by atoms with Crippen molar-refractivity contribution in [1.82, 2.24) is 4.90 Å². The van der Waals surface area contributed by atoms with E-state index in [-0.39, 0.29) is 6.61 Å². The summed E-state index contributed by atoms with van der Waals surface area (Å²) >= 11 is 0. The highest BCUT2D eigenvalue weighted by molar-refractivity contribution is 4.84. The van der Waals surface area contributed by atoms with Gasteiger partial charge in [0.15, 0.2) is 0 Å². The Morgan fingerprint density at radius 1 is 1.58 bits per heavy atom. The molecule has 0 radical (unpaired) electrons. The Morgan fingerprint density at radius 3 is 2.75 bits per heavy atom. The van der Waals surface area contributed by atoms with E-state index in [1.54, 1.807) is 0 Å². The number of nitrogens with zero attached hydrogens (tertiary/aromatic N) is 1. The highest BCUT2D eigenvalue weighted by Crippen LogP contribution is 1.96. The van der Waals surface area contributed by atoms with Gasteiger partial charge < -0.3 is 4.89 Å². The van der Waals surface area contributed by atoms with Gasteiger partial charge in [0.1, 0.15) is 5.76 Å². The summed E-state index contributed by atoms with van der Waals surface area (Å²) in [6.07, 6.45) is 0. The first kappa shape index (κ1) is 11.4. The van der Waals surface area contributed by atoms with Gasteiger partial charge in [-0.3, -0.25) is 10.2 Å². The summed E-state index contributed by atoms with van der Waals surface area (Å²) in [6.45, 7) is 5.00. The third-order valence-electron chi connectivity index (χ3n) is 1.21. The van der Waals surface area contributed by atoms with Crippen LogP contribution in [0, 0.1) is 0 Å². The smallest absolute Gasteiger partial charge is 0.149 e. The van der Waals surface area contributed by atoms with Crippen molar-refractivity contribution in [3.63, 3.8) is 0 Å². The summed E-state index contributed by atoms with van der Waals surface area (Å²) in [5.41, 5.74) is 0. The second-order valence-electron chi connectivity index (χ2n) is 2.36. The molecule has 0 aromatic rings. The normalized spacial score (nSPS) is 10.3. The van der Waals surface area contributed by atoms with Crippen LogP contribution in [-0.4, -0.2) is 44.0 Å². The SMILES string of the molecule is C=C(CN(C)CCOO)OOC. The average Bonchev–Trinajstić information content (AvgIpc) is 2.01. The van der Waals surface area contributed by atoms with Gasteiger partial charge in [-0.05, 0) is 7.05 Å². The van der Waals surface area contributed by atoms with Gasteiger partial charge in [-0.2, -0.15) is 4.89 Å². The fourth-order valence-corrected chi connectivity index (χ4v) is 0.721. The standard InChI is InChI=1S/C7H15NO4/c1-7(12-10-3)6-8(2)4-5-11-9/h9H,1,4-6H2,2-3H3. The van der Waals surface area contributed by atoms with Gasteiger partial charge in [0.2, 0.25) is 0 Å². The average molecular weight is 177 g/mol. The van der Waals surface area contributed by atoms with Crippen molar-refractivity contribution in [2.24, 2.45) is 0 Å². The molecule has 0 heterocycles. The fraction of sp³-hybridized carbons (Fsp3) is 0.714. The molecule has 0 aromatic carbocycles. The summed E-state index contributed by atoms with van der Waals surface area (Å²) in [7, 11) is 3.27. The molecule has 0 fully saturated rings. The molecular weight excluding hydrogens is 162 g/mol. The van der Waals surface area contributed by atoms with Crippen LogP contribution in [0.3, 0.4) is 0 Å². The van der Waals surface area contributed by atoms with E-state index in [1.165, 1.54) is 7.11 Å². The van der Waals surface area contributed by atoms with Gasteiger partial charge in [0, 0.05) is 6.54 Å². The van der Waals surface area contributed by atoms with Crippen LogP contribution < -0.4 is 0 Å². The number of rotatable bonds is 7. The second-order valence-corrected chi connectivity index (χ2v) is 2.36. The number of hydrogen-bond acceptors (Lipinski definition) is 5. The lowest BCUT2D eigenvalue weighted by molar-refractivity contribution is -0.247. The highest BCUT2D eigenvalue weighted by Gasteiger charge is 2.01. The van der Waals surface area contributed by atoms with Crippen molar-refractivity contribution in [3.05, 3.63) is 12.3 Å². The molecule has 0 aromatic heterocycles. The molecule has 5 heteroatoms. The lowest BCUT2D eigenvalue weighted by atomic mass is 10.5. The minimum absolute atomic E-state index is 0.261. The van der Waals surface area contributed by atoms with Crippen LogP contribution in [0.4, 0.5) is 0 Å². The van der Waals surface area contributed by atoms with Crippen LogP contribution in [0.1, 0.15) is 0 Å². The van der Waals surface area contributed by atoms with E-state index in [0.717, 1.165) is 0 Å². The molecule has 0 unspecified atom stereocenters. The van der Waals surface area contributed by atoms with Crippen molar-refractivity contribution in [3.8, 4) is 0 Å². The Labute approximate surface area is 72.0 Å². The molecule has 0 atom stereocenters. The maximum Gasteiger partial charge on any atom is 0.149 e. The molecule has 0 aliphatic carbocycles. The molecule has 72 valence electrons. The van der Waals surface area contributed by atoms with Crippen LogP contribution in [0.5, 0.6) is 0 Å². The maximum atomic E-state index is 8.05. The minimum atomic E-state index is 0.261. The molecule has 0 amide bonds. The van der Waals surface area contributed by atoms with E-state index in [0.29, 0.717) is 18.8 Å². The molecule has 0 aliphatic rings. The van der Waals surface area contributed by atoms with Crippen LogP contribution >= 0.6 is 0 Å². The topological polar surface area (TPSA) is 51.2 Å². The molecule has 0 aliphatic heterocycles. The maximum absolute atomic E-state index is 8.05. The van der Waals surface area contributed by atoms with E-state index in [4.69, 9.17) is 5.26 Å². The van der Waals surface area contributed by atoms with E-state index in [9.17, 15) is 0 Å². The molecule has 5 nitrogen and oxygen atoms in total. The minimum Gasteiger partial charge on any atom is -0.342 e. The first-order chi connectivity index (χ1) is 5.70. The Kier molecular flexibility index (Phi) is 6.69. The van der Waals surface area contributed by atoms with Crippen LogP contribution in [-0.2, 0) is 14.7 Å². The molecule has 0 bridgehead atoms. The van der Waals surface area contributed by atoms with Crippen molar-refractivity contribution in [2.75, 3.05) is 33.9 Å². The Hall–Kier alpha value is -0.620. The highest BCUT2D eigenvalue weighted by atomic mass is 17.2. The first-order valence-corrected chi connectivity index (χ1v) is 3.54. The zero-order valence-corrected chi connectivity index (χ0v) is 7.45. The predicted molar refractivity (Wildman–Crippen MR) is 43.3 cm³/mol. The lowest BCUT2D eigenvalue weighted by Gasteiger charge is -2.15. The van der Waals surface area contributed by atoms with Crippen LogP contribution in [0.25, 0.3) is 0 Å². The summed E-state index contributed by atoms with van der Waals surface area (Å²) in [6, 6.07) is 0. The fourth-order valence-electron chi connectivity index (χ4n) is 0.721. The quantitative estimate of drug-likeness (QED) is 0.348. The summed E-state index contributed by atoms with van der Waals surface area (Å²) < 4.78 is 0. The number of hydrogen-bond donors (Lipinski definition) is 1. The molecule has 12 heavy (non-hydrogen) atoms. The Balaban J connectivity index is 3.40. The summed E-state index contributed by atoms with van der Waals surface area (Å²) in [5.74, 6) is 0.512. The van der Waals surface area contributed by atoms with Crippen LogP contribution in [0.15, 0.2) is 12.3 Å². The largest absolute Gasteiger partial charge is 0.342 e. The van der Waals surface area contributed by atoms with Gasteiger partial charge in [-0.15, -0.1) is 0 Å². The zero-order valence-electron chi connectivity index (χ0n) is 7.45. The Bertz CT molecular complexity index is 129. The van der Waals surface area contributed by atoms with Crippen molar-refractivity contribution >= 4 is 0 Å². The number of likely N-dealkylation sites (N-methyl/N-ethyl adjacent to an activating group) is 1. The Morgan fingerprint density at radius 2 is 2.25 bits per heavy atom. The summed E-state index contributed by atoms with van der Waals surface area (Å²) in [5, 5.41) is 8.05. The van der Waals surface area contributed by atoms with Gasteiger partial charge >= 0.3 is 0 Å². The van der Waals surface area contributed by atoms with Crippen LogP contribution in [0.2, 0.25) is 0 Å². The third-order valence-corrected chi connectivity index (χ3v) is 1.21. The first-order valence-electron chi connectivity index (χ1n) is 3.54. The van der Waals surface area contributed by atoms with Crippen molar-refractivity contribution in [1.29, 1.82) is 0 Å². The molecule has 0 saturated carbocycles. The van der Waals surface area contributed by atoms with E-state index >= 15 is 0 Å². The predicted octanol–water partition coefficient (Wildman–Crippen LogP) is 0.499. The van der Waals surface area contributed by atoms with Crippen molar-refractivity contribution < 1.29 is 19.9 Å². The van der Waals surface area contributed by atoms with E-state index < -0.39 is 0 Å². The zero-order chi connectivity index (χ0) is 9.40. The third kappa shape index (κ3) is 6.11. The monoisotopic (exact) mass is 177 g/mol. The second kappa shape index (κ2) is 7.05. The van der Waals surface area contributed by atoms with Crippen molar-refractivity contribution in [2.45, 2.75) is 0 Å². The molecule has 0 rings (SSSR count). The van der Waals surface area contributed by atoms with Gasteiger partial charge in [0.25, 0.3) is 0 Å². The lowest BCUT2D eigenvalue weighted by Crippen LogP contribution is -2.25. The molecular formula is C7H15NO4. The molecule has 1 N–H and O–H groups in total. The van der Waals surface area contributed by atoms with E-state index in [2.05, 4.69) is 21.2 Å². The summed E-state index contributed by atoms with van der Waals surface area (Å²) in [4.78, 5) is 14.8. The molecule has 0 spiro atoms. The van der Waals surface area contributed by atoms with E-state index in [1.807, 2.05) is 11.9 Å². The molecule has 0 saturated heterocycles. The van der Waals surface area contributed by atoms with Gasteiger partial charge in [0.05, 0.1) is 20.3 Å². The van der Waals surface area contributed by atoms with Gasteiger partial charge in [-0.25, -0.2) is 4.89 Å².